The third-order valence-corrected chi connectivity index (χ3v) is 3.34. The molecule has 7 nitrogen and oxygen atoms in total. The third-order valence-electron chi connectivity index (χ3n) is 3.10. The van der Waals surface area contributed by atoms with Gasteiger partial charge in [0.15, 0.2) is 0 Å². The Kier molecular flexibility index (Phi) is 4.41. The number of nitrogens with one attached hydrogen (secondary N) is 1. The van der Waals surface area contributed by atoms with Gasteiger partial charge in [-0.05, 0) is 25.0 Å². The largest absolute Gasteiger partial charge is 0.377 e. The lowest BCUT2D eigenvalue weighted by Crippen LogP contribution is -2.30. The van der Waals surface area contributed by atoms with Crippen LogP contribution in [0.1, 0.15) is 12.8 Å². The Morgan fingerprint density at radius 3 is 2.90 bits per heavy atom. The average molecular weight is 300 g/mol. The zero-order chi connectivity index (χ0) is 14.7. The second-order valence-electron chi connectivity index (χ2n) is 4.53. The molecule has 108 valence electrons. The molecule has 1 aromatic rings. The van der Waals surface area contributed by atoms with Crippen LogP contribution in [-0.4, -0.2) is 29.6 Å². The van der Waals surface area contributed by atoms with Gasteiger partial charge in [-0.25, -0.2) is 0 Å². The Morgan fingerprint density at radius 1 is 1.55 bits per heavy atom. The molecule has 1 heterocycles. The predicted molar refractivity (Wildman–Crippen MR) is 73.7 cm³/mol. The molecule has 20 heavy (non-hydrogen) atoms. The smallest absolute Gasteiger partial charge is 0.293 e. The lowest BCUT2D eigenvalue weighted by atomic mass is 10.2. The van der Waals surface area contributed by atoms with Gasteiger partial charge in [0.1, 0.15) is 11.8 Å². The summed E-state index contributed by atoms with van der Waals surface area (Å²) in [5, 5.41) is 14.2. The normalized spacial score (nSPS) is 21.6. The number of benzene rings is 1. The van der Waals surface area contributed by atoms with Crippen molar-refractivity contribution in [3.63, 3.8) is 0 Å². The van der Waals surface area contributed by atoms with Crippen LogP contribution in [0.25, 0.3) is 0 Å². The number of carbonyl (C=O) groups is 1. The van der Waals surface area contributed by atoms with Crippen molar-refractivity contribution in [2.45, 2.75) is 25.0 Å². The second-order valence-corrected chi connectivity index (χ2v) is 4.96. The van der Waals surface area contributed by atoms with Crippen molar-refractivity contribution in [3.05, 3.63) is 33.3 Å². The van der Waals surface area contributed by atoms with Crippen LogP contribution in [0.4, 0.5) is 11.4 Å². The van der Waals surface area contributed by atoms with Crippen molar-refractivity contribution in [1.29, 1.82) is 0 Å². The van der Waals surface area contributed by atoms with Crippen LogP contribution in [0.5, 0.6) is 0 Å². The third kappa shape index (κ3) is 3.37. The zero-order valence-electron chi connectivity index (χ0n) is 10.5. The van der Waals surface area contributed by atoms with Gasteiger partial charge in [0.25, 0.3) is 5.69 Å². The van der Waals surface area contributed by atoms with Crippen molar-refractivity contribution in [2.24, 2.45) is 5.73 Å². The van der Waals surface area contributed by atoms with Crippen molar-refractivity contribution in [2.75, 3.05) is 11.9 Å². The fraction of sp³-hybridized carbons (Fsp3) is 0.417. The standard InChI is InChI=1S/C12H14ClN3O4/c13-7-1-3-9(10(5-7)16(18)19)15-6-8-2-4-11(20-8)12(14)17/h1,3,5,8,11,15H,2,4,6H2,(H2,14,17). The van der Waals surface area contributed by atoms with Gasteiger partial charge < -0.3 is 15.8 Å². The summed E-state index contributed by atoms with van der Waals surface area (Å²) in [6, 6.07) is 4.39. The van der Waals surface area contributed by atoms with E-state index < -0.39 is 16.9 Å². The van der Waals surface area contributed by atoms with Gasteiger partial charge in [-0.2, -0.15) is 0 Å². The summed E-state index contributed by atoms with van der Waals surface area (Å²) < 4.78 is 5.44. The van der Waals surface area contributed by atoms with E-state index in [1.54, 1.807) is 12.1 Å². The SMILES string of the molecule is NC(=O)C1CCC(CNc2ccc(Cl)cc2[N+](=O)[O-])O1. The summed E-state index contributed by atoms with van der Waals surface area (Å²) in [6.07, 6.45) is 0.497. The Balaban J connectivity index is 1.98. The number of nitrogens with zero attached hydrogens (tertiary/aromatic N) is 1. The molecule has 0 bridgehead atoms. The maximum Gasteiger partial charge on any atom is 0.293 e. The summed E-state index contributed by atoms with van der Waals surface area (Å²) in [5.41, 5.74) is 5.43. The van der Waals surface area contributed by atoms with Gasteiger partial charge in [-0.3, -0.25) is 14.9 Å². The highest BCUT2D eigenvalue weighted by molar-refractivity contribution is 6.30. The molecule has 0 radical (unpaired) electrons. The first kappa shape index (κ1) is 14.5. The number of nitrogens with two attached hydrogens (primary N) is 1. The molecule has 1 aliphatic rings. The van der Waals surface area contributed by atoms with E-state index in [9.17, 15) is 14.9 Å². The highest BCUT2D eigenvalue weighted by atomic mass is 35.5. The van der Waals surface area contributed by atoms with Crippen molar-refractivity contribution in [1.82, 2.24) is 0 Å². The number of carbonyl (C=O) groups excluding carboxylic acids is 1. The molecule has 0 aromatic heterocycles. The molecule has 1 amide bonds. The van der Waals surface area contributed by atoms with E-state index >= 15 is 0 Å². The summed E-state index contributed by atoms with van der Waals surface area (Å²) >= 11 is 5.73. The molecule has 2 atom stereocenters. The van der Waals surface area contributed by atoms with E-state index in [0.29, 0.717) is 30.1 Å². The number of hydrogen-bond acceptors (Lipinski definition) is 5. The minimum Gasteiger partial charge on any atom is -0.377 e. The molecule has 2 unspecified atom stereocenters. The van der Waals surface area contributed by atoms with Gasteiger partial charge in [-0.15, -0.1) is 0 Å². The molecule has 1 saturated heterocycles. The van der Waals surface area contributed by atoms with Gasteiger partial charge >= 0.3 is 0 Å². The fourth-order valence-electron chi connectivity index (χ4n) is 2.09. The molecule has 0 spiro atoms. The first-order chi connectivity index (χ1) is 9.47. The minimum absolute atomic E-state index is 0.0954. The lowest BCUT2D eigenvalue weighted by molar-refractivity contribution is -0.383. The van der Waals surface area contributed by atoms with Gasteiger partial charge in [-0.1, -0.05) is 11.6 Å². The quantitative estimate of drug-likeness (QED) is 0.635. The van der Waals surface area contributed by atoms with E-state index in [0.717, 1.165) is 0 Å². The van der Waals surface area contributed by atoms with Crippen LogP contribution in [0, 0.1) is 10.1 Å². The predicted octanol–water partition coefficient (Wildman–Crippen LogP) is 1.69. The van der Waals surface area contributed by atoms with Crippen LogP contribution >= 0.6 is 11.6 Å². The highest BCUT2D eigenvalue weighted by Crippen LogP contribution is 2.28. The maximum atomic E-state index is 11.0. The van der Waals surface area contributed by atoms with E-state index in [1.165, 1.54) is 6.07 Å². The fourth-order valence-corrected chi connectivity index (χ4v) is 2.26. The minimum atomic E-state index is -0.568. The van der Waals surface area contributed by atoms with Crippen LogP contribution in [0.15, 0.2) is 18.2 Å². The summed E-state index contributed by atoms with van der Waals surface area (Å²) in [7, 11) is 0. The molecular formula is C12H14ClN3O4. The first-order valence-corrected chi connectivity index (χ1v) is 6.47. The van der Waals surface area contributed by atoms with Gasteiger partial charge in [0.2, 0.25) is 5.91 Å². The van der Waals surface area contributed by atoms with Crippen LogP contribution in [0.3, 0.4) is 0 Å². The molecule has 1 fully saturated rings. The van der Waals surface area contributed by atoms with Gasteiger partial charge in [0, 0.05) is 17.6 Å². The molecule has 3 N–H and O–H groups in total. The number of primary amides is 1. The number of halogens is 1. The number of ether oxygens (including phenoxy) is 1. The highest BCUT2D eigenvalue weighted by Gasteiger charge is 2.29. The van der Waals surface area contributed by atoms with E-state index in [4.69, 9.17) is 22.1 Å². The van der Waals surface area contributed by atoms with Crippen molar-refractivity contribution >= 4 is 28.9 Å². The van der Waals surface area contributed by atoms with E-state index in [1.807, 2.05) is 0 Å². The molecule has 0 saturated carbocycles. The first-order valence-electron chi connectivity index (χ1n) is 6.10. The zero-order valence-corrected chi connectivity index (χ0v) is 11.3. The monoisotopic (exact) mass is 299 g/mol. The number of amides is 1. The lowest BCUT2D eigenvalue weighted by Gasteiger charge is -2.13. The second kappa shape index (κ2) is 6.06. The Hall–Kier alpha value is -1.86. The molecular weight excluding hydrogens is 286 g/mol. The molecule has 1 aliphatic heterocycles. The van der Waals surface area contributed by atoms with Crippen molar-refractivity contribution < 1.29 is 14.5 Å². The van der Waals surface area contributed by atoms with Crippen molar-refractivity contribution in [3.8, 4) is 0 Å². The Labute approximate surface area is 120 Å². The summed E-state index contributed by atoms with van der Waals surface area (Å²) in [6.45, 7) is 0.367. The summed E-state index contributed by atoms with van der Waals surface area (Å²) in [5.74, 6) is -0.482. The average Bonchev–Trinajstić information content (AvgIpc) is 2.86. The Morgan fingerprint density at radius 2 is 2.30 bits per heavy atom. The van der Waals surface area contributed by atoms with E-state index in [2.05, 4.69) is 5.32 Å². The number of rotatable bonds is 5. The topological polar surface area (TPSA) is 107 Å². The molecule has 2 rings (SSSR count). The maximum absolute atomic E-state index is 11.0. The Bertz CT molecular complexity index is 537. The summed E-state index contributed by atoms with van der Waals surface area (Å²) in [4.78, 5) is 21.4. The van der Waals surface area contributed by atoms with Gasteiger partial charge in [0.05, 0.1) is 11.0 Å². The molecule has 1 aromatic carbocycles. The number of nitro benzene ring substituents is 1. The van der Waals surface area contributed by atoms with Crippen LogP contribution < -0.4 is 11.1 Å². The van der Waals surface area contributed by atoms with E-state index in [-0.39, 0.29) is 11.8 Å². The van der Waals surface area contributed by atoms with Crippen LogP contribution in [0.2, 0.25) is 5.02 Å². The van der Waals surface area contributed by atoms with Crippen LogP contribution in [-0.2, 0) is 9.53 Å². The molecule has 0 aliphatic carbocycles. The molecule has 8 heteroatoms. The number of hydrogen-bond donors (Lipinski definition) is 2. The number of nitro groups is 1. The number of anilines is 1.